The van der Waals surface area contributed by atoms with Crippen molar-refractivity contribution in [2.45, 2.75) is 20.8 Å². The van der Waals surface area contributed by atoms with Crippen LogP contribution >= 0.6 is 0 Å². The van der Waals surface area contributed by atoms with Gasteiger partial charge in [-0.1, -0.05) is 50.7 Å². The van der Waals surface area contributed by atoms with Crippen molar-refractivity contribution in [3.8, 4) is 12.5 Å². The summed E-state index contributed by atoms with van der Waals surface area (Å²) in [5.41, 5.74) is 1.16. The third kappa shape index (κ3) is 3.25. The normalized spacial score (nSPS) is 25.4. The van der Waals surface area contributed by atoms with E-state index in [0.29, 0.717) is 5.92 Å². The highest BCUT2D eigenvalue weighted by atomic mass is 14.7. The third-order valence-corrected chi connectivity index (χ3v) is 2.46. The van der Waals surface area contributed by atoms with Gasteiger partial charge in [0, 0.05) is 17.7 Å². The van der Waals surface area contributed by atoms with E-state index in [9.17, 15) is 0 Å². The van der Waals surface area contributed by atoms with Crippen LogP contribution in [0.2, 0.25) is 0 Å². The van der Waals surface area contributed by atoms with Crippen molar-refractivity contribution in [3.05, 3.63) is 36.0 Å². The molecular formula is C14H17N. The van der Waals surface area contributed by atoms with Crippen molar-refractivity contribution in [3.63, 3.8) is 0 Å². The molecule has 1 nitrogen and oxygen atoms in total. The summed E-state index contributed by atoms with van der Waals surface area (Å²) in [4.78, 5) is 3.86. The molecule has 0 saturated heterocycles. The molecule has 0 aromatic carbocycles. The molecule has 15 heavy (non-hydrogen) atoms. The maximum absolute atomic E-state index is 5.11. The Labute approximate surface area is 92.3 Å². The van der Waals surface area contributed by atoms with E-state index in [0.717, 1.165) is 0 Å². The molecule has 1 aliphatic carbocycles. The minimum Gasteiger partial charge on any atom is -0.209 e. The van der Waals surface area contributed by atoms with Gasteiger partial charge < -0.3 is 0 Å². The van der Waals surface area contributed by atoms with Gasteiger partial charge in [0.1, 0.15) is 0 Å². The Morgan fingerprint density at radius 3 is 2.80 bits per heavy atom. The van der Waals surface area contributed by atoms with E-state index in [-0.39, 0.29) is 5.41 Å². The minimum atomic E-state index is -0.167. The Morgan fingerprint density at radius 1 is 1.47 bits per heavy atom. The lowest BCUT2D eigenvalue weighted by Crippen LogP contribution is -2.10. The van der Waals surface area contributed by atoms with Crippen molar-refractivity contribution < 1.29 is 0 Å². The zero-order chi connectivity index (χ0) is 11.3. The summed E-state index contributed by atoms with van der Waals surface area (Å²) in [6.07, 6.45) is 17.5. The van der Waals surface area contributed by atoms with E-state index in [1.807, 2.05) is 0 Å². The second-order valence-electron chi connectivity index (χ2n) is 4.27. The van der Waals surface area contributed by atoms with Crippen LogP contribution in [0, 0.1) is 23.8 Å². The average molecular weight is 199 g/mol. The van der Waals surface area contributed by atoms with Crippen molar-refractivity contribution in [2.75, 3.05) is 0 Å². The molecule has 0 aromatic rings. The quantitative estimate of drug-likeness (QED) is 0.477. The molecule has 1 rings (SSSR count). The van der Waals surface area contributed by atoms with Crippen LogP contribution in [0.3, 0.4) is 0 Å². The van der Waals surface area contributed by atoms with Gasteiger partial charge in [-0.25, -0.2) is 4.99 Å². The van der Waals surface area contributed by atoms with Gasteiger partial charge in [-0.15, -0.1) is 0 Å². The van der Waals surface area contributed by atoms with Crippen LogP contribution < -0.4 is 0 Å². The molecule has 0 radical (unpaired) electrons. The van der Waals surface area contributed by atoms with Gasteiger partial charge in [0.05, 0.1) is 0 Å². The molecule has 0 aromatic heterocycles. The fraction of sp³-hybridized carbons (Fsp3) is 0.357. The fourth-order valence-electron chi connectivity index (χ4n) is 1.40. The largest absolute Gasteiger partial charge is 0.209 e. The molecule has 0 heterocycles. The molecule has 0 fully saturated rings. The van der Waals surface area contributed by atoms with Gasteiger partial charge in [0.2, 0.25) is 0 Å². The summed E-state index contributed by atoms with van der Waals surface area (Å²) in [6.45, 7) is 6.45. The van der Waals surface area contributed by atoms with E-state index >= 15 is 0 Å². The van der Waals surface area contributed by atoms with Crippen molar-refractivity contribution in [1.82, 2.24) is 0 Å². The Morgan fingerprint density at radius 2 is 2.20 bits per heavy atom. The van der Waals surface area contributed by atoms with Crippen LogP contribution in [-0.4, -0.2) is 6.21 Å². The van der Waals surface area contributed by atoms with Gasteiger partial charge >= 0.3 is 0 Å². The first-order valence-corrected chi connectivity index (χ1v) is 5.16. The number of terminal acetylenes is 1. The van der Waals surface area contributed by atoms with Crippen LogP contribution in [-0.2, 0) is 0 Å². The number of aliphatic imine (C=N–C) groups is 1. The monoisotopic (exact) mass is 199 g/mol. The topological polar surface area (TPSA) is 12.4 Å². The van der Waals surface area contributed by atoms with E-state index in [1.165, 1.54) is 5.57 Å². The molecule has 0 aliphatic heterocycles. The first-order valence-electron chi connectivity index (χ1n) is 5.16. The number of hydrogen-bond donors (Lipinski definition) is 0. The molecule has 1 atom stereocenters. The smallest absolute Gasteiger partial charge is 0.0401 e. The second-order valence-corrected chi connectivity index (χ2v) is 4.27. The summed E-state index contributed by atoms with van der Waals surface area (Å²) < 4.78 is 0. The van der Waals surface area contributed by atoms with Crippen LogP contribution in [0.5, 0.6) is 0 Å². The Kier molecular flexibility index (Phi) is 3.68. The lowest BCUT2D eigenvalue weighted by molar-refractivity contribution is 0.775. The Bertz CT molecular complexity index is 375. The second kappa shape index (κ2) is 4.79. The van der Waals surface area contributed by atoms with Gasteiger partial charge in [-0.05, 0) is 18.4 Å². The Hall–Kier alpha value is -1.55. The van der Waals surface area contributed by atoms with Crippen LogP contribution in [0.25, 0.3) is 0 Å². The predicted octanol–water partition coefficient (Wildman–Crippen LogP) is 3.36. The highest BCUT2D eigenvalue weighted by Gasteiger charge is 2.15. The molecule has 1 heteroatoms. The lowest BCUT2D eigenvalue weighted by atomic mass is 9.91. The highest BCUT2D eigenvalue weighted by molar-refractivity contribution is 5.72. The zero-order valence-corrected chi connectivity index (χ0v) is 9.57. The molecule has 0 N–H and O–H groups in total. The van der Waals surface area contributed by atoms with Gasteiger partial charge in [0.25, 0.3) is 0 Å². The first-order chi connectivity index (χ1) is 7.07. The lowest BCUT2D eigenvalue weighted by Gasteiger charge is -2.14. The maximum Gasteiger partial charge on any atom is 0.0401 e. The summed E-state index contributed by atoms with van der Waals surface area (Å²) in [7, 11) is 0. The van der Waals surface area contributed by atoms with Crippen LogP contribution in [0.1, 0.15) is 20.8 Å². The summed E-state index contributed by atoms with van der Waals surface area (Å²) in [6, 6.07) is 2.28. The number of rotatable bonds is 2. The first kappa shape index (κ1) is 11.5. The van der Waals surface area contributed by atoms with E-state index in [4.69, 9.17) is 6.42 Å². The minimum absolute atomic E-state index is 0.167. The molecule has 0 amide bonds. The maximum atomic E-state index is 5.11. The van der Waals surface area contributed by atoms with Crippen LogP contribution in [0.4, 0.5) is 0 Å². The number of nitrogens with zero attached hydrogens (tertiary/aromatic N) is 1. The number of allylic oxidation sites excluding steroid dienone is 6. The predicted molar refractivity (Wildman–Crippen MR) is 66.6 cm³/mol. The standard InChI is InChI=1S/C14H17N/c1-5-15-11-14(4)9-6-7-13(8-10-14)12(2)3/h1,6-12H,2-4H3. The highest BCUT2D eigenvalue weighted by Crippen LogP contribution is 2.24. The fourth-order valence-corrected chi connectivity index (χ4v) is 1.40. The van der Waals surface area contributed by atoms with Crippen molar-refractivity contribution >= 4 is 6.21 Å². The van der Waals surface area contributed by atoms with Crippen LogP contribution in [0.15, 0.2) is 40.9 Å². The average Bonchev–Trinajstić information content (AvgIpc) is 2.38. The molecule has 0 bridgehead atoms. The molecule has 0 saturated carbocycles. The molecule has 1 aliphatic rings. The molecule has 0 spiro atoms. The van der Waals surface area contributed by atoms with E-state index in [1.54, 1.807) is 6.21 Å². The van der Waals surface area contributed by atoms with Crippen molar-refractivity contribution in [2.24, 2.45) is 16.3 Å². The molecule has 78 valence electrons. The molecule has 1 unspecified atom stereocenters. The Balaban J connectivity index is 2.92. The third-order valence-electron chi connectivity index (χ3n) is 2.46. The van der Waals surface area contributed by atoms with Gasteiger partial charge in [0.15, 0.2) is 0 Å². The summed E-state index contributed by atoms with van der Waals surface area (Å²) in [5.74, 6) is 0.540. The van der Waals surface area contributed by atoms with Gasteiger partial charge in [-0.3, -0.25) is 0 Å². The summed E-state index contributed by atoms with van der Waals surface area (Å²) >= 11 is 0. The SMILES string of the molecule is C#CN=CC1(C)C=CC=C(C(C)C)C=C1. The van der Waals surface area contributed by atoms with E-state index in [2.05, 4.69) is 62.2 Å². The summed E-state index contributed by atoms with van der Waals surface area (Å²) in [5, 5.41) is 0. The molecular weight excluding hydrogens is 182 g/mol. The van der Waals surface area contributed by atoms with E-state index < -0.39 is 0 Å². The van der Waals surface area contributed by atoms with Crippen molar-refractivity contribution in [1.29, 1.82) is 0 Å². The number of hydrogen-bond acceptors (Lipinski definition) is 1. The van der Waals surface area contributed by atoms with Gasteiger partial charge in [-0.2, -0.15) is 0 Å². The zero-order valence-electron chi connectivity index (χ0n) is 9.57.